The van der Waals surface area contributed by atoms with Crippen LogP contribution in [0.15, 0.2) is 53.1 Å². The molecule has 2 heterocycles. The Kier molecular flexibility index (Phi) is 3.63. The molecule has 0 fully saturated rings. The maximum absolute atomic E-state index is 8.74. The van der Waals surface area contributed by atoms with E-state index in [1.807, 2.05) is 36.4 Å². The second-order valence-corrected chi connectivity index (χ2v) is 4.70. The van der Waals surface area contributed by atoms with Gasteiger partial charge in [-0.3, -0.25) is 0 Å². The third-order valence-corrected chi connectivity index (χ3v) is 3.30. The Labute approximate surface area is 125 Å². The van der Waals surface area contributed by atoms with Crippen molar-refractivity contribution in [3.8, 4) is 17.7 Å². The van der Waals surface area contributed by atoms with E-state index in [0.717, 1.165) is 5.56 Å². The van der Waals surface area contributed by atoms with Gasteiger partial charge in [0.2, 0.25) is 5.89 Å². The number of halogens is 1. The Hall–Kier alpha value is -2.71. The van der Waals surface area contributed by atoms with E-state index in [2.05, 4.69) is 15.2 Å². The van der Waals surface area contributed by atoms with Crippen LogP contribution in [0.4, 0.5) is 0 Å². The molecule has 0 spiro atoms. The predicted molar refractivity (Wildman–Crippen MR) is 76.4 cm³/mol. The van der Waals surface area contributed by atoms with Crippen LogP contribution in [-0.4, -0.2) is 15.2 Å². The van der Waals surface area contributed by atoms with Gasteiger partial charge in [-0.05, 0) is 17.7 Å². The molecule has 0 aliphatic rings. The second-order valence-electron chi connectivity index (χ2n) is 4.26. The molecule has 0 amide bonds. The number of hydrogen-bond acceptors (Lipinski definition) is 5. The van der Waals surface area contributed by atoms with Gasteiger partial charge >= 0.3 is 0 Å². The van der Waals surface area contributed by atoms with Gasteiger partial charge in [-0.1, -0.05) is 30.3 Å². The fourth-order valence-corrected chi connectivity index (χ4v) is 2.03. The summed E-state index contributed by atoms with van der Waals surface area (Å²) in [5.41, 5.74) is 1.85. The van der Waals surface area contributed by atoms with Gasteiger partial charge in [-0.15, -0.1) is 21.8 Å². The highest BCUT2D eigenvalue weighted by atomic mass is 35.5. The molecule has 21 heavy (non-hydrogen) atoms. The minimum Gasteiger partial charge on any atom is -0.417 e. The minimum absolute atomic E-state index is 0.274. The van der Waals surface area contributed by atoms with Crippen molar-refractivity contribution in [2.75, 3.05) is 0 Å². The van der Waals surface area contributed by atoms with Gasteiger partial charge in [0.25, 0.3) is 5.89 Å². The predicted octanol–water partition coefficient (Wildman–Crippen LogP) is 3.33. The number of pyridine rings is 1. The normalized spacial score (nSPS) is 11.8. The summed E-state index contributed by atoms with van der Waals surface area (Å²) >= 11 is 6.32. The van der Waals surface area contributed by atoms with Crippen molar-refractivity contribution in [2.45, 2.75) is 5.38 Å². The number of alkyl halides is 1. The molecule has 1 aromatic carbocycles. The molecule has 0 N–H and O–H groups in total. The van der Waals surface area contributed by atoms with Crippen molar-refractivity contribution in [3.05, 3.63) is 65.7 Å². The highest BCUT2D eigenvalue weighted by molar-refractivity contribution is 6.22. The first kappa shape index (κ1) is 13.3. The fourth-order valence-electron chi connectivity index (χ4n) is 1.79. The van der Waals surface area contributed by atoms with E-state index < -0.39 is 5.38 Å². The lowest BCUT2D eigenvalue weighted by Crippen LogP contribution is -1.92. The Morgan fingerprint density at radius 2 is 1.90 bits per heavy atom. The summed E-state index contributed by atoms with van der Waals surface area (Å²) in [6.45, 7) is 0. The van der Waals surface area contributed by atoms with Gasteiger partial charge < -0.3 is 4.42 Å². The van der Waals surface area contributed by atoms with Crippen LogP contribution in [0.1, 0.15) is 22.4 Å². The van der Waals surface area contributed by atoms with Crippen molar-refractivity contribution < 1.29 is 4.42 Å². The zero-order valence-corrected chi connectivity index (χ0v) is 11.5. The minimum atomic E-state index is -0.508. The van der Waals surface area contributed by atoms with Crippen LogP contribution in [0.5, 0.6) is 0 Å². The van der Waals surface area contributed by atoms with Crippen molar-refractivity contribution in [2.24, 2.45) is 0 Å². The Bertz CT molecular complexity index is 777. The molecule has 5 nitrogen and oxygen atoms in total. The number of nitrogens with zero attached hydrogens (tertiary/aromatic N) is 4. The molecule has 0 saturated carbocycles. The van der Waals surface area contributed by atoms with E-state index in [1.54, 1.807) is 12.1 Å². The van der Waals surface area contributed by atoms with E-state index in [1.165, 1.54) is 6.20 Å². The van der Waals surface area contributed by atoms with Crippen LogP contribution in [0, 0.1) is 11.3 Å². The SMILES string of the molecule is N#Cc1ccc(-c2nnc(C(Cl)c3ccccc3)o2)nc1. The molecule has 0 bridgehead atoms. The Morgan fingerprint density at radius 3 is 2.57 bits per heavy atom. The van der Waals surface area contributed by atoms with Crippen LogP contribution in [0.2, 0.25) is 0 Å². The maximum atomic E-state index is 8.74. The first-order valence-electron chi connectivity index (χ1n) is 6.17. The van der Waals surface area contributed by atoms with E-state index in [-0.39, 0.29) is 5.89 Å². The van der Waals surface area contributed by atoms with Crippen LogP contribution >= 0.6 is 11.6 Å². The smallest absolute Gasteiger partial charge is 0.266 e. The topological polar surface area (TPSA) is 75.6 Å². The lowest BCUT2D eigenvalue weighted by molar-refractivity contribution is 0.511. The highest BCUT2D eigenvalue weighted by Crippen LogP contribution is 2.29. The van der Waals surface area contributed by atoms with E-state index in [0.29, 0.717) is 17.1 Å². The van der Waals surface area contributed by atoms with Gasteiger partial charge in [-0.25, -0.2) is 4.98 Å². The first-order chi connectivity index (χ1) is 10.3. The summed E-state index contributed by atoms with van der Waals surface area (Å²) < 4.78 is 5.56. The molecular weight excluding hydrogens is 288 g/mol. The highest BCUT2D eigenvalue weighted by Gasteiger charge is 2.19. The largest absolute Gasteiger partial charge is 0.417 e. The zero-order chi connectivity index (χ0) is 14.7. The standard InChI is InChI=1S/C15H9ClN4O/c16-13(11-4-2-1-3-5-11)15-20-19-14(21-15)12-7-6-10(8-17)9-18-12/h1-7,9,13H. The number of benzene rings is 1. The summed E-state index contributed by atoms with van der Waals surface area (Å²) in [5, 5.41) is 16.1. The van der Waals surface area contributed by atoms with Crippen LogP contribution in [-0.2, 0) is 0 Å². The lowest BCUT2D eigenvalue weighted by Gasteiger charge is -2.03. The third-order valence-electron chi connectivity index (χ3n) is 2.86. The second kappa shape index (κ2) is 5.73. The molecule has 102 valence electrons. The third kappa shape index (κ3) is 2.76. The van der Waals surface area contributed by atoms with E-state index in [9.17, 15) is 0 Å². The summed E-state index contributed by atoms with van der Waals surface area (Å²) in [6.07, 6.45) is 1.45. The van der Waals surface area contributed by atoms with Gasteiger partial charge in [-0.2, -0.15) is 5.26 Å². The van der Waals surface area contributed by atoms with Crippen LogP contribution < -0.4 is 0 Å². The molecule has 0 saturated heterocycles. The van der Waals surface area contributed by atoms with Crippen molar-refractivity contribution in [1.29, 1.82) is 5.26 Å². The number of nitriles is 1. The van der Waals surface area contributed by atoms with Gasteiger partial charge in [0.1, 0.15) is 17.1 Å². The molecule has 1 unspecified atom stereocenters. The van der Waals surface area contributed by atoms with Crippen LogP contribution in [0.25, 0.3) is 11.6 Å². The zero-order valence-electron chi connectivity index (χ0n) is 10.8. The Balaban J connectivity index is 1.87. The number of aromatic nitrogens is 3. The molecule has 0 aliphatic carbocycles. The summed E-state index contributed by atoms with van der Waals surface area (Å²) in [5.74, 6) is 0.583. The lowest BCUT2D eigenvalue weighted by atomic mass is 10.1. The molecule has 3 aromatic rings. The first-order valence-corrected chi connectivity index (χ1v) is 6.60. The van der Waals surface area contributed by atoms with Gasteiger partial charge in [0.15, 0.2) is 0 Å². The quantitative estimate of drug-likeness (QED) is 0.693. The molecule has 0 aliphatic heterocycles. The average Bonchev–Trinajstić information content (AvgIpc) is 3.05. The molecular formula is C15H9ClN4O. The van der Waals surface area contributed by atoms with Crippen molar-refractivity contribution in [1.82, 2.24) is 15.2 Å². The van der Waals surface area contributed by atoms with Gasteiger partial charge in [0.05, 0.1) is 5.56 Å². The summed E-state index contributed by atoms with van der Waals surface area (Å²) in [6, 6.07) is 14.8. The maximum Gasteiger partial charge on any atom is 0.266 e. The van der Waals surface area contributed by atoms with Crippen molar-refractivity contribution in [3.63, 3.8) is 0 Å². The van der Waals surface area contributed by atoms with E-state index >= 15 is 0 Å². The molecule has 3 rings (SSSR count). The van der Waals surface area contributed by atoms with Crippen LogP contribution in [0.3, 0.4) is 0 Å². The van der Waals surface area contributed by atoms with E-state index in [4.69, 9.17) is 21.3 Å². The average molecular weight is 297 g/mol. The number of rotatable bonds is 3. The molecule has 6 heteroatoms. The monoisotopic (exact) mass is 296 g/mol. The van der Waals surface area contributed by atoms with Gasteiger partial charge in [0, 0.05) is 6.20 Å². The molecule has 2 aromatic heterocycles. The Morgan fingerprint density at radius 1 is 1.10 bits per heavy atom. The fraction of sp³-hybridized carbons (Fsp3) is 0.0667. The number of hydrogen-bond donors (Lipinski definition) is 0. The molecule has 1 atom stereocenters. The summed E-state index contributed by atoms with van der Waals surface area (Å²) in [7, 11) is 0. The van der Waals surface area contributed by atoms with Crippen molar-refractivity contribution >= 4 is 11.6 Å². The molecule has 0 radical (unpaired) electrons. The summed E-state index contributed by atoms with van der Waals surface area (Å²) in [4.78, 5) is 4.10.